The van der Waals surface area contributed by atoms with E-state index in [-0.39, 0.29) is 11.9 Å². The van der Waals surface area contributed by atoms with Crippen LogP contribution in [0.2, 0.25) is 0 Å². The van der Waals surface area contributed by atoms with E-state index >= 15 is 0 Å². The van der Waals surface area contributed by atoms with Crippen molar-refractivity contribution in [1.29, 1.82) is 0 Å². The highest BCUT2D eigenvalue weighted by atomic mass is 16.5. The molecule has 0 unspecified atom stereocenters. The van der Waals surface area contributed by atoms with Crippen LogP contribution in [0.5, 0.6) is 0 Å². The monoisotopic (exact) mass is 215 g/mol. The molecule has 3 heteroatoms. The van der Waals surface area contributed by atoms with E-state index in [2.05, 4.69) is 0 Å². The van der Waals surface area contributed by atoms with E-state index in [4.69, 9.17) is 4.74 Å². The molecule has 3 nitrogen and oxygen atoms in total. The molecule has 2 aliphatic rings. The van der Waals surface area contributed by atoms with Crippen LogP contribution in [-0.4, -0.2) is 23.1 Å². The summed E-state index contributed by atoms with van der Waals surface area (Å²) in [5.74, 6) is 0.0360. The molecule has 0 radical (unpaired) electrons. The lowest BCUT2D eigenvalue weighted by atomic mass is 10.1. The van der Waals surface area contributed by atoms with E-state index in [0.29, 0.717) is 6.61 Å². The summed E-state index contributed by atoms with van der Waals surface area (Å²) in [5.41, 5.74) is 0.584. The molecule has 2 atom stereocenters. The number of carbonyl (C=O) groups is 1. The SMILES string of the molecule is C[C@]12C=CC(=O)N1[C@H](c1ccccc1)CO2. The number of rotatable bonds is 1. The van der Waals surface area contributed by atoms with Crippen molar-refractivity contribution in [3.05, 3.63) is 48.0 Å². The van der Waals surface area contributed by atoms with Gasteiger partial charge in [-0.05, 0) is 18.6 Å². The third-order valence-electron chi connectivity index (χ3n) is 3.28. The Bertz CT molecular complexity index is 454. The average molecular weight is 215 g/mol. The normalized spacial score (nSPS) is 32.2. The number of nitrogens with zero attached hydrogens (tertiary/aromatic N) is 1. The van der Waals surface area contributed by atoms with Crippen molar-refractivity contribution in [3.8, 4) is 0 Å². The van der Waals surface area contributed by atoms with E-state index in [1.807, 2.05) is 48.2 Å². The zero-order chi connectivity index (χ0) is 11.2. The first-order valence-electron chi connectivity index (χ1n) is 5.42. The highest BCUT2D eigenvalue weighted by Gasteiger charge is 2.48. The summed E-state index contributed by atoms with van der Waals surface area (Å²) in [6.07, 6.45) is 3.42. The van der Waals surface area contributed by atoms with Gasteiger partial charge in [-0.25, -0.2) is 0 Å². The van der Waals surface area contributed by atoms with Gasteiger partial charge in [0.05, 0.1) is 12.6 Å². The summed E-state index contributed by atoms with van der Waals surface area (Å²) in [4.78, 5) is 13.6. The zero-order valence-corrected chi connectivity index (χ0v) is 9.09. The smallest absolute Gasteiger partial charge is 0.249 e. The van der Waals surface area contributed by atoms with Gasteiger partial charge < -0.3 is 4.74 Å². The Labute approximate surface area is 94.3 Å². The predicted octanol–water partition coefficient (Wildman–Crippen LogP) is 1.87. The molecule has 1 fully saturated rings. The Balaban J connectivity index is 1.98. The number of ether oxygens (including phenoxy) is 1. The molecular weight excluding hydrogens is 202 g/mol. The van der Waals surface area contributed by atoms with Crippen LogP contribution in [0.1, 0.15) is 18.5 Å². The molecule has 1 aromatic rings. The average Bonchev–Trinajstić information content (AvgIpc) is 2.78. The number of amides is 1. The summed E-state index contributed by atoms with van der Waals surface area (Å²) >= 11 is 0. The van der Waals surface area contributed by atoms with E-state index < -0.39 is 5.72 Å². The van der Waals surface area contributed by atoms with Crippen LogP contribution >= 0.6 is 0 Å². The van der Waals surface area contributed by atoms with Crippen LogP contribution in [0.3, 0.4) is 0 Å². The molecule has 2 aliphatic heterocycles. The van der Waals surface area contributed by atoms with Gasteiger partial charge in [0.2, 0.25) is 5.91 Å². The van der Waals surface area contributed by atoms with E-state index in [9.17, 15) is 4.79 Å². The van der Waals surface area contributed by atoms with Crippen LogP contribution in [0, 0.1) is 0 Å². The van der Waals surface area contributed by atoms with Crippen LogP contribution in [0.15, 0.2) is 42.5 Å². The number of carbonyl (C=O) groups excluding carboxylic acids is 1. The van der Waals surface area contributed by atoms with Gasteiger partial charge in [-0.1, -0.05) is 30.3 Å². The second kappa shape index (κ2) is 3.19. The Morgan fingerprint density at radius 2 is 2.12 bits per heavy atom. The topological polar surface area (TPSA) is 29.5 Å². The maximum atomic E-state index is 11.8. The maximum Gasteiger partial charge on any atom is 0.249 e. The van der Waals surface area contributed by atoms with Crippen molar-refractivity contribution in [2.45, 2.75) is 18.7 Å². The minimum atomic E-state index is -0.544. The number of fused-ring (bicyclic) bond motifs is 1. The minimum Gasteiger partial charge on any atom is -0.350 e. The molecule has 1 saturated heterocycles. The molecular formula is C13H13NO2. The molecule has 82 valence electrons. The quantitative estimate of drug-likeness (QED) is 0.715. The number of hydrogen-bond donors (Lipinski definition) is 0. The molecule has 0 saturated carbocycles. The molecule has 3 rings (SSSR count). The van der Waals surface area contributed by atoms with Gasteiger partial charge in [0, 0.05) is 6.08 Å². The highest BCUT2D eigenvalue weighted by Crippen LogP contribution is 2.40. The fourth-order valence-corrected chi connectivity index (χ4v) is 2.43. The van der Waals surface area contributed by atoms with Crippen molar-refractivity contribution in [2.24, 2.45) is 0 Å². The summed E-state index contributed by atoms with van der Waals surface area (Å²) in [6, 6.07) is 10.0. The molecule has 0 aliphatic carbocycles. The fraction of sp³-hybridized carbons (Fsp3) is 0.308. The van der Waals surface area contributed by atoms with Gasteiger partial charge in [-0.15, -0.1) is 0 Å². The van der Waals surface area contributed by atoms with E-state index in [0.717, 1.165) is 5.56 Å². The van der Waals surface area contributed by atoms with Crippen molar-refractivity contribution in [2.75, 3.05) is 6.61 Å². The second-order valence-electron chi connectivity index (χ2n) is 4.33. The van der Waals surface area contributed by atoms with Crippen LogP contribution in [0.25, 0.3) is 0 Å². The van der Waals surface area contributed by atoms with E-state index in [1.54, 1.807) is 6.08 Å². The molecule has 2 heterocycles. The van der Waals surface area contributed by atoms with Crippen molar-refractivity contribution in [1.82, 2.24) is 4.90 Å². The minimum absolute atomic E-state index is 0.0358. The Morgan fingerprint density at radius 3 is 2.88 bits per heavy atom. The largest absolute Gasteiger partial charge is 0.350 e. The molecule has 0 spiro atoms. The second-order valence-corrected chi connectivity index (χ2v) is 4.33. The lowest BCUT2D eigenvalue weighted by Gasteiger charge is -2.29. The maximum absolute atomic E-state index is 11.8. The lowest BCUT2D eigenvalue weighted by Crippen LogP contribution is -2.40. The first kappa shape index (κ1) is 9.60. The van der Waals surface area contributed by atoms with Crippen molar-refractivity contribution >= 4 is 5.91 Å². The Morgan fingerprint density at radius 1 is 1.38 bits per heavy atom. The summed E-state index contributed by atoms with van der Waals surface area (Å²) in [6.45, 7) is 2.49. The molecule has 0 N–H and O–H groups in total. The fourth-order valence-electron chi connectivity index (χ4n) is 2.43. The Hall–Kier alpha value is -1.61. The molecule has 1 aromatic carbocycles. The third kappa shape index (κ3) is 1.21. The number of hydrogen-bond acceptors (Lipinski definition) is 2. The van der Waals surface area contributed by atoms with Gasteiger partial charge >= 0.3 is 0 Å². The summed E-state index contributed by atoms with van der Waals surface area (Å²) < 4.78 is 5.72. The molecule has 1 amide bonds. The lowest BCUT2D eigenvalue weighted by molar-refractivity contribution is -0.134. The van der Waals surface area contributed by atoms with E-state index in [1.165, 1.54) is 0 Å². The third-order valence-corrected chi connectivity index (χ3v) is 3.28. The predicted molar refractivity (Wildman–Crippen MR) is 59.5 cm³/mol. The zero-order valence-electron chi connectivity index (χ0n) is 9.09. The summed E-state index contributed by atoms with van der Waals surface area (Å²) in [7, 11) is 0. The van der Waals surface area contributed by atoms with Crippen LogP contribution in [0.4, 0.5) is 0 Å². The summed E-state index contributed by atoms with van der Waals surface area (Å²) in [5, 5.41) is 0. The van der Waals surface area contributed by atoms with Crippen LogP contribution in [-0.2, 0) is 9.53 Å². The first-order valence-corrected chi connectivity index (χ1v) is 5.42. The van der Waals surface area contributed by atoms with Gasteiger partial charge in [0.25, 0.3) is 0 Å². The van der Waals surface area contributed by atoms with Gasteiger partial charge in [-0.3, -0.25) is 9.69 Å². The van der Waals surface area contributed by atoms with Crippen molar-refractivity contribution < 1.29 is 9.53 Å². The molecule has 0 bridgehead atoms. The number of benzene rings is 1. The van der Waals surface area contributed by atoms with Gasteiger partial charge in [0.1, 0.15) is 0 Å². The van der Waals surface area contributed by atoms with Gasteiger partial charge in [0.15, 0.2) is 5.72 Å². The standard InChI is InChI=1S/C13H13NO2/c1-13-8-7-12(15)14(13)11(9-16-13)10-5-3-2-4-6-10/h2-8,11H,9H2,1H3/t11-,13-/m0/s1. The molecule has 0 aromatic heterocycles. The first-order chi connectivity index (χ1) is 7.71. The van der Waals surface area contributed by atoms with Crippen LogP contribution < -0.4 is 0 Å². The van der Waals surface area contributed by atoms with Gasteiger partial charge in [-0.2, -0.15) is 0 Å². The highest BCUT2D eigenvalue weighted by molar-refractivity contribution is 5.91. The van der Waals surface area contributed by atoms with Crippen molar-refractivity contribution in [3.63, 3.8) is 0 Å². The Kier molecular flexibility index (Phi) is 1.91. The molecule has 16 heavy (non-hydrogen) atoms.